The lowest BCUT2D eigenvalue weighted by Crippen LogP contribution is -2.43. The molecule has 0 bridgehead atoms. The molecule has 2 heterocycles. The van der Waals surface area contributed by atoms with E-state index in [4.69, 9.17) is 23.2 Å². The third-order valence-electron chi connectivity index (χ3n) is 4.70. The van der Waals surface area contributed by atoms with Crippen molar-refractivity contribution in [2.24, 2.45) is 0 Å². The van der Waals surface area contributed by atoms with E-state index in [0.717, 1.165) is 31.5 Å². The molecular formula is C17H23Cl3N2O. The van der Waals surface area contributed by atoms with Crippen molar-refractivity contribution in [1.29, 1.82) is 0 Å². The van der Waals surface area contributed by atoms with Gasteiger partial charge in [0.15, 0.2) is 0 Å². The molecule has 2 aliphatic heterocycles. The van der Waals surface area contributed by atoms with Gasteiger partial charge in [-0.05, 0) is 56.5 Å². The maximum absolute atomic E-state index is 12.6. The smallest absolute Gasteiger partial charge is 0.227 e. The van der Waals surface area contributed by atoms with Gasteiger partial charge in [-0.25, -0.2) is 0 Å². The van der Waals surface area contributed by atoms with Gasteiger partial charge < -0.3 is 9.80 Å². The van der Waals surface area contributed by atoms with Crippen LogP contribution < -0.4 is 0 Å². The van der Waals surface area contributed by atoms with Gasteiger partial charge >= 0.3 is 0 Å². The van der Waals surface area contributed by atoms with Crippen LogP contribution in [0, 0.1) is 0 Å². The number of amides is 1. The molecule has 1 amide bonds. The van der Waals surface area contributed by atoms with E-state index in [1.165, 1.54) is 25.9 Å². The summed E-state index contributed by atoms with van der Waals surface area (Å²) in [6, 6.07) is 5.83. The molecule has 1 aromatic carbocycles. The molecule has 128 valence electrons. The van der Waals surface area contributed by atoms with Crippen molar-refractivity contribution in [2.45, 2.75) is 38.1 Å². The molecule has 1 atom stereocenters. The number of halogens is 3. The minimum Gasteiger partial charge on any atom is -0.338 e. The Balaban J connectivity index is 0.00000192. The molecule has 23 heavy (non-hydrogen) atoms. The molecule has 3 rings (SSSR count). The number of carbonyl (C=O) groups is 1. The summed E-state index contributed by atoms with van der Waals surface area (Å²) in [6.07, 6.45) is 5.25. The lowest BCUT2D eigenvalue weighted by atomic mass is 10.1. The van der Waals surface area contributed by atoms with Crippen molar-refractivity contribution >= 4 is 41.5 Å². The maximum Gasteiger partial charge on any atom is 0.227 e. The molecule has 1 unspecified atom stereocenters. The molecule has 0 saturated carbocycles. The van der Waals surface area contributed by atoms with Gasteiger partial charge in [0, 0.05) is 19.1 Å². The van der Waals surface area contributed by atoms with Gasteiger partial charge in [0.05, 0.1) is 16.5 Å². The van der Waals surface area contributed by atoms with Gasteiger partial charge in [0.25, 0.3) is 0 Å². The van der Waals surface area contributed by atoms with Crippen molar-refractivity contribution < 1.29 is 4.79 Å². The van der Waals surface area contributed by atoms with E-state index < -0.39 is 0 Å². The Morgan fingerprint density at radius 2 is 1.83 bits per heavy atom. The Morgan fingerprint density at radius 1 is 1.09 bits per heavy atom. The fourth-order valence-electron chi connectivity index (χ4n) is 3.54. The quantitative estimate of drug-likeness (QED) is 0.790. The van der Waals surface area contributed by atoms with Crippen LogP contribution in [-0.4, -0.2) is 47.9 Å². The highest BCUT2D eigenvalue weighted by molar-refractivity contribution is 6.42. The minimum atomic E-state index is 0. The third-order valence-corrected chi connectivity index (χ3v) is 5.44. The van der Waals surface area contributed by atoms with Gasteiger partial charge in [-0.1, -0.05) is 29.3 Å². The second-order valence-corrected chi connectivity index (χ2v) is 7.13. The zero-order chi connectivity index (χ0) is 15.5. The van der Waals surface area contributed by atoms with Gasteiger partial charge in [-0.2, -0.15) is 0 Å². The summed E-state index contributed by atoms with van der Waals surface area (Å²) >= 11 is 12.0. The fraction of sp³-hybridized carbons (Fsp3) is 0.588. The fourth-order valence-corrected chi connectivity index (χ4v) is 3.86. The van der Waals surface area contributed by atoms with Crippen LogP contribution in [0.5, 0.6) is 0 Å². The first-order chi connectivity index (χ1) is 10.6. The summed E-state index contributed by atoms with van der Waals surface area (Å²) < 4.78 is 0. The predicted molar refractivity (Wildman–Crippen MR) is 97.8 cm³/mol. The summed E-state index contributed by atoms with van der Waals surface area (Å²) in [5.74, 6) is 0.208. The van der Waals surface area contributed by atoms with Gasteiger partial charge in [0.2, 0.25) is 5.91 Å². The van der Waals surface area contributed by atoms with Crippen molar-refractivity contribution in [3.8, 4) is 0 Å². The number of nitrogens with zero attached hydrogens (tertiary/aromatic N) is 2. The normalized spacial score (nSPS) is 21.5. The SMILES string of the molecule is Cl.O=C(Cc1ccc(Cl)c(Cl)c1)N1CCCC1CN1CCCC1. The monoisotopic (exact) mass is 376 g/mol. The zero-order valence-electron chi connectivity index (χ0n) is 13.1. The summed E-state index contributed by atoms with van der Waals surface area (Å²) in [6.45, 7) is 4.29. The van der Waals surface area contributed by atoms with E-state index >= 15 is 0 Å². The third kappa shape index (κ3) is 4.76. The van der Waals surface area contributed by atoms with Crippen LogP contribution in [0.2, 0.25) is 10.0 Å². The van der Waals surface area contributed by atoms with E-state index in [2.05, 4.69) is 9.80 Å². The van der Waals surface area contributed by atoms with Crippen LogP contribution >= 0.6 is 35.6 Å². The maximum atomic E-state index is 12.6. The van der Waals surface area contributed by atoms with Crippen LogP contribution in [0.4, 0.5) is 0 Å². The number of carbonyl (C=O) groups excluding carboxylic acids is 1. The average Bonchev–Trinajstić information content (AvgIpc) is 3.15. The lowest BCUT2D eigenvalue weighted by molar-refractivity contribution is -0.131. The van der Waals surface area contributed by atoms with E-state index in [9.17, 15) is 4.79 Å². The van der Waals surface area contributed by atoms with Gasteiger partial charge in [0.1, 0.15) is 0 Å². The van der Waals surface area contributed by atoms with Crippen LogP contribution in [0.1, 0.15) is 31.2 Å². The first-order valence-electron chi connectivity index (χ1n) is 8.09. The standard InChI is InChI=1S/C17H22Cl2N2O.ClH/c18-15-6-5-13(10-16(15)19)11-17(22)21-9-3-4-14(21)12-20-7-1-2-8-20;/h5-6,10,14H,1-4,7-9,11-12H2;1H. The number of likely N-dealkylation sites (tertiary alicyclic amines) is 2. The van der Waals surface area contributed by atoms with E-state index in [1.54, 1.807) is 12.1 Å². The molecule has 1 aromatic rings. The predicted octanol–water partition coefficient (Wildman–Crippen LogP) is 4.04. The van der Waals surface area contributed by atoms with E-state index in [1.807, 2.05) is 6.07 Å². The topological polar surface area (TPSA) is 23.6 Å². The van der Waals surface area contributed by atoms with Gasteiger partial charge in [-0.15, -0.1) is 12.4 Å². The Kier molecular flexibility index (Phi) is 7.02. The second-order valence-electron chi connectivity index (χ2n) is 6.32. The number of benzene rings is 1. The molecule has 0 N–H and O–H groups in total. The molecule has 2 saturated heterocycles. The van der Waals surface area contributed by atoms with Gasteiger partial charge in [-0.3, -0.25) is 4.79 Å². The average molecular weight is 378 g/mol. The molecule has 0 aliphatic carbocycles. The molecule has 3 nitrogen and oxygen atoms in total. The van der Waals surface area contributed by atoms with Crippen LogP contribution in [0.15, 0.2) is 18.2 Å². The molecule has 0 spiro atoms. The van der Waals surface area contributed by atoms with Crippen LogP contribution in [-0.2, 0) is 11.2 Å². The number of hydrogen-bond acceptors (Lipinski definition) is 2. The van der Waals surface area contributed by atoms with Crippen LogP contribution in [0.3, 0.4) is 0 Å². The first-order valence-corrected chi connectivity index (χ1v) is 8.85. The zero-order valence-corrected chi connectivity index (χ0v) is 15.5. The first kappa shape index (κ1) is 18.9. The Bertz CT molecular complexity index is 547. The minimum absolute atomic E-state index is 0. The largest absolute Gasteiger partial charge is 0.338 e. The molecule has 0 aromatic heterocycles. The van der Waals surface area contributed by atoms with Crippen LogP contribution in [0.25, 0.3) is 0 Å². The Morgan fingerprint density at radius 3 is 2.52 bits per heavy atom. The van der Waals surface area contributed by atoms with E-state index in [0.29, 0.717) is 22.5 Å². The highest BCUT2D eigenvalue weighted by atomic mass is 35.5. The van der Waals surface area contributed by atoms with Crippen molar-refractivity contribution in [3.63, 3.8) is 0 Å². The van der Waals surface area contributed by atoms with E-state index in [-0.39, 0.29) is 18.3 Å². The summed E-state index contributed by atoms with van der Waals surface area (Å²) in [4.78, 5) is 17.2. The highest BCUT2D eigenvalue weighted by Gasteiger charge is 2.30. The molecule has 2 fully saturated rings. The Hall–Kier alpha value is -0.480. The number of hydrogen-bond donors (Lipinski definition) is 0. The van der Waals surface area contributed by atoms with Crippen molar-refractivity contribution in [2.75, 3.05) is 26.2 Å². The highest BCUT2D eigenvalue weighted by Crippen LogP contribution is 2.25. The molecule has 2 aliphatic rings. The summed E-state index contributed by atoms with van der Waals surface area (Å²) in [7, 11) is 0. The summed E-state index contributed by atoms with van der Waals surface area (Å²) in [5.41, 5.74) is 0.936. The van der Waals surface area contributed by atoms with Crippen molar-refractivity contribution in [1.82, 2.24) is 9.80 Å². The van der Waals surface area contributed by atoms with Crippen molar-refractivity contribution in [3.05, 3.63) is 33.8 Å². The molecular weight excluding hydrogens is 355 g/mol. The summed E-state index contributed by atoms with van der Waals surface area (Å²) in [5, 5.41) is 1.05. The molecule has 0 radical (unpaired) electrons. The Labute approximate surface area is 154 Å². The lowest BCUT2D eigenvalue weighted by Gasteiger charge is -2.28. The second kappa shape index (κ2) is 8.57. The molecule has 6 heteroatoms. The number of rotatable bonds is 4.